The van der Waals surface area contributed by atoms with Crippen LogP contribution in [0.4, 0.5) is 4.79 Å². The number of aromatic nitrogens is 2. The van der Waals surface area contributed by atoms with Crippen LogP contribution < -0.4 is 14.8 Å². The summed E-state index contributed by atoms with van der Waals surface area (Å²) in [4.78, 5) is 14.8. The molecule has 2 amide bonds. The highest BCUT2D eigenvalue weighted by Gasteiger charge is 2.33. The summed E-state index contributed by atoms with van der Waals surface area (Å²) in [5, 5.41) is 10.3. The van der Waals surface area contributed by atoms with Gasteiger partial charge in [0, 0.05) is 29.8 Å². The van der Waals surface area contributed by atoms with Gasteiger partial charge in [0.2, 0.25) is 0 Å². The third kappa shape index (κ3) is 3.72. The van der Waals surface area contributed by atoms with E-state index in [0.29, 0.717) is 13.1 Å². The van der Waals surface area contributed by atoms with Crippen molar-refractivity contribution < 1.29 is 14.3 Å². The van der Waals surface area contributed by atoms with Crippen molar-refractivity contribution in [1.29, 1.82) is 0 Å². The zero-order valence-electron chi connectivity index (χ0n) is 16.0. The Kier molecular flexibility index (Phi) is 4.45. The van der Waals surface area contributed by atoms with Crippen LogP contribution in [0.3, 0.4) is 0 Å². The van der Waals surface area contributed by atoms with Gasteiger partial charge in [0.25, 0.3) is 0 Å². The van der Waals surface area contributed by atoms with Gasteiger partial charge in [0.05, 0.1) is 26.4 Å². The van der Waals surface area contributed by atoms with Gasteiger partial charge in [-0.05, 0) is 44.4 Å². The Hall–Kier alpha value is -2.70. The lowest BCUT2D eigenvalue weighted by Crippen LogP contribution is -2.50. The van der Waals surface area contributed by atoms with E-state index in [4.69, 9.17) is 9.47 Å². The summed E-state index contributed by atoms with van der Waals surface area (Å²) in [5.41, 5.74) is 2.88. The molecule has 1 aromatic heterocycles. The van der Waals surface area contributed by atoms with Crippen molar-refractivity contribution in [2.24, 2.45) is 0 Å². The first-order valence-electron chi connectivity index (χ1n) is 9.36. The maximum absolute atomic E-state index is 13.0. The van der Waals surface area contributed by atoms with E-state index in [9.17, 15) is 4.79 Å². The first kappa shape index (κ1) is 17.7. The Balaban J connectivity index is 1.49. The van der Waals surface area contributed by atoms with Gasteiger partial charge in [-0.2, -0.15) is 5.10 Å². The fourth-order valence-corrected chi connectivity index (χ4v) is 3.88. The summed E-state index contributed by atoms with van der Waals surface area (Å²) in [6.45, 7) is 5.02. The smallest absolute Gasteiger partial charge is 0.318 e. The number of nitrogens with zero attached hydrogens (tertiary/aromatic N) is 2. The average molecular weight is 370 g/mol. The summed E-state index contributed by atoms with van der Waals surface area (Å²) in [5.74, 6) is 1.52. The van der Waals surface area contributed by atoms with Crippen LogP contribution in [0.25, 0.3) is 0 Å². The maximum atomic E-state index is 13.0. The van der Waals surface area contributed by atoms with Crippen LogP contribution in [-0.2, 0) is 19.4 Å². The molecule has 1 aliphatic heterocycles. The van der Waals surface area contributed by atoms with Crippen molar-refractivity contribution in [3.63, 3.8) is 0 Å². The molecule has 0 saturated carbocycles. The molecule has 2 heterocycles. The molecule has 0 unspecified atom stereocenters. The van der Waals surface area contributed by atoms with Gasteiger partial charge in [0.15, 0.2) is 0 Å². The van der Waals surface area contributed by atoms with E-state index >= 15 is 0 Å². The molecule has 27 heavy (non-hydrogen) atoms. The average Bonchev–Trinajstić information content (AvgIpc) is 3.04. The number of hydrogen-bond donors (Lipinski definition) is 2. The Morgan fingerprint density at radius 1 is 1.41 bits per heavy atom. The number of hydrogen-bond acceptors (Lipinski definition) is 4. The number of nitrogens with one attached hydrogen (secondary N) is 2. The second-order valence-corrected chi connectivity index (χ2v) is 7.95. The number of aromatic amines is 1. The number of aryl methyl sites for hydroxylation is 1. The second kappa shape index (κ2) is 6.79. The molecular weight excluding hydrogens is 344 g/mol. The van der Waals surface area contributed by atoms with Crippen molar-refractivity contribution in [3.8, 4) is 11.5 Å². The Labute approximate surface area is 159 Å². The van der Waals surface area contributed by atoms with Crippen LogP contribution in [0.2, 0.25) is 0 Å². The lowest BCUT2D eigenvalue weighted by atomic mass is 9.94. The number of ether oxygens (including phenoxy) is 2. The third-order valence-electron chi connectivity index (χ3n) is 5.23. The summed E-state index contributed by atoms with van der Waals surface area (Å²) >= 11 is 0. The molecule has 1 atom stereocenters. The number of carbonyl (C=O) groups excluding carboxylic acids is 1. The highest BCUT2D eigenvalue weighted by atomic mass is 16.5. The van der Waals surface area contributed by atoms with E-state index in [1.807, 2.05) is 43.1 Å². The zero-order chi connectivity index (χ0) is 19.0. The van der Waals surface area contributed by atoms with E-state index in [1.54, 1.807) is 7.11 Å². The number of benzene rings is 1. The lowest BCUT2D eigenvalue weighted by molar-refractivity contribution is 0.0797. The number of carbonyl (C=O) groups is 1. The third-order valence-corrected chi connectivity index (χ3v) is 5.23. The van der Waals surface area contributed by atoms with Crippen LogP contribution in [0, 0.1) is 0 Å². The first-order chi connectivity index (χ1) is 12.9. The molecule has 0 bridgehead atoms. The molecule has 1 aromatic carbocycles. The zero-order valence-corrected chi connectivity index (χ0v) is 16.0. The highest BCUT2D eigenvalue weighted by Crippen LogP contribution is 2.32. The predicted molar refractivity (Wildman–Crippen MR) is 101 cm³/mol. The number of H-pyrrole nitrogens is 1. The van der Waals surface area contributed by atoms with Crippen LogP contribution in [0.15, 0.2) is 24.4 Å². The summed E-state index contributed by atoms with van der Waals surface area (Å²) in [6, 6.07) is 5.82. The van der Waals surface area contributed by atoms with Crippen LogP contribution >= 0.6 is 0 Å². The molecular formula is C20H26N4O3. The molecule has 0 spiro atoms. The van der Waals surface area contributed by atoms with Crippen molar-refractivity contribution in [3.05, 3.63) is 41.2 Å². The van der Waals surface area contributed by atoms with Gasteiger partial charge >= 0.3 is 6.03 Å². The number of rotatable bonds is 2. The number of urea groups is 1. The minimum Gasteiger partial charge on any atom is -0.497 e. The molecule has 0 radical (unpaired) electrons. The molecule has 7 heteroatoms. The lowest BCUT2D eigenvalue weighted by Gasteiger charge is -2.31. The topological polar surface area (TPSA) is 79.5 Å². The minimum absolute atomic E-state index is 0.0525. The fourth-order valence-electron chi connectivity index (χ4n) is 3.88. The van der Waals surface area contributed by atoms with E-state index in [2.05, 4.69) is 15.5 Å². The molecule has 0 saturated heterocycles. The minimum atomic E-state index is -0.488. The van der Waals surface area contributed by atoms with Gasteiger partial charge in [-0.3, -0.25) is 5.10 Å². The summed E-state index contributed by atoms with van der Waals surface area (Å²) < 4.78 is 11.5. The maximum Gasteiger partial charge on any atom is 0.318 e. The Morgan fingerprint density at radius 2 is 2.26 bits per heavy atom. The number of fused-ring (bicyclic) bond motifs is 2. The molecule has 144 valence electrons. The standard InChI is InChI=1S/C20H26N4O3/c1-20(2)12-24(11-14-5-7-16(26-3)9-18(14)27-20)19(25)22-15-6-4-13-10-21-23-17(13)8-15/h5,7,9-10,15H,4,6,8,11-12H2,1-3H3,(H,21,23)(H,22,25)/t15-/m0/s1. The molecule has 4 rings (SSSR count). The number of methoxy groups -OCH3 is 1. The van der Waals surface area contributed by atoms with Gasteiger partial charge in [-0.25, -0.2) is 4.79 Å². The van der Waals surface area contributed by atoms with Crippen molar-refractivity contribution >= 4 is 6.03 Å². The first-order valence-corrected chi connectivity index (χ1v) is 9.36. The van der Waals surface area contributed by atoms with Crippen molar-refractivity contribution in [1.82, 2.24) is 20.4 Å². The quantitative estimate of drug-likeness (QED) is 0.852. The van der Waals surface area contributed by atoms with Crippen molar-refractivity contribution in [2.75, 3.05) is 13.7 Å². The molecule has 7 nitrogen and oxygen atoms in total. The molecule has 1 aliphatic carbocycles. The van der Waals surface area contributed by atoms with Crippen LogP contribution in [0.5, 0.6) is 11.5 Å². The largest absolute Gasteiger partial charge is 0.497 e. The van der Waals surface area contributed by atoms with E-state index in [-0.39, 0.29) is 12.1 Å². The normalized spacial score (nSPS) is 20.7. The summed E-state index contributed by atoms with van der Waals surface area (Å²) in [6.07, 6.45) is 4.55. The monoisotopic (exact) mass is 370 g/mol. The van der Waals surface area contributed by atoms with Gasteiger partial charge in [-0.15, -0.1) is 0 Å². The predicted octanol–water partition coefficient (Wildman–Crippen LogP) is 2.66. The molecule has 2 aliphatic rings. The highest BCUT2D eigenvalue weighted by molar-refractivity contribution is 5.75. The summed E-state index contributed by atoms with van der Waals surface area (Å²) in [7, 11) is 1.64. The molecule has 2 aromatic rings. The van der Waals surface area contributed by atoms with Gasteiger partial charge in [-0.1, -0.05) is 0 Å². The Morgan fingerprint density at radius 3 is 3.07 bits per heavy atom. The molecule has 2 N–H and O–H groups in total. The molecule has 0 fully saturated rings. The Bertz CT molecular complexity index is 846. The van der Waals surface area contributed by atoms with Crippen LogP contribution in [-0.4, -0.2) is 46.4 Å². The second-order valence-electron chi connectivity index (χ2n) is 7.95. The van der Waals surface area contributed by atoms with Gasteiger partial charge < -0.3 is 19.7 Å². The van der Waals surface area contributed by atoms with Crippen molar-refractivity contribution in [2.45, 2.75) is 51.3 Å². The van der Waals surface area contributed by atoms with Gasteiger partial charge in [0.1, 0.15) is 17.1 Å². The fraction of sp³-hybridized carbons (Fsp3) is 0.500. The van der Waals surface area contributed by atoms with E-state index in [0.717, 1.165) is 42.0 Å². The SMILES string of the molecule is COc1ccc2c(c1)OC(C)(C)CN(C(=O)N[C@H]1CCc3cn[nH]c3C1)C2. The van der Waals surface area contributed by atoms with Crippen LogP contribution in [0.1, 0.15) is 37.1 Å². The van der Waals surface area contributed by atoms with E-state index < -0.39 is 5.60 Å². The van der Waals surface area contributed by atoms with E-state index in [1.165, 1.54) is 5.56 Å². The number of amides is 2.